The maximum Gasteiger partial charge on any atom is 0.137 e. The minimum atomic E-state index is 0.125. The molecule has 2 heteroatoms. The van der Waals surface area contributed by atoms with E-state index in [-0.39, 0.29) is 11.7 Å². The van der Waals surface area contributed by atoms with Gasteiger partial charge < -0.3 is 4.74 Å². The number of hydrogen-bond acceptors (Lipinski definition) is 2. The number of carbonyl (C=O) groups excluding carboxylic acids is 1. The average molecular weight is 192 g/mol. The summed E-state index contributed by atoms with van der Waals surface area (Å²) in [6.45, 7) is 5.26. The van der Waals surface area contributed by atoms with Crippen LogP contribution >= 0.6 is 0 Å². The first-order valence-corrected chi connectivity index (χ1v) is 5.23. The monoisotopic (exact) mass is 192 g/mol. The Morgan fingerprint density at radius 1 is 1.57 bits per heavy atom. The van der Waals surface area contributed by atoms with Crippen molar-refractivity contribution in [2.45, 2.75) is 26.7 Å². The first-order valence-electron chi connectivity index (χ1n) is 5.23. The van der Waals surface area contributed by atoms with E-state index in [4.69, 9.17) is 4.74 Å². The minimum absolute atomic E-state index is 0.125. The lowest BCUT2D eigenvalue weighted by Crippen LogP contribution is -2.18. The fourth-order valence-corrected chi connectivity index (χ4v) is 2.41. The molecule has 1 atom stereocenters. The van der Waals surface area contributed by atoms with Gasteiger partial charge in [0.15, 0.2) is 0 Å². The molecule has 1 saturated heterocycles. The second-order valence-corrected chi connectivity index (χ2v) is 3.98. The standard InChI is InChI=1S/C12H16O2/c1-3-10-11(8(2)13)5-4-9-6-14-7-12(9)10/h4,11H,3,5-7H2,1-2H3. The van der Waals surface area contributed by atoms with Crippen LogP contribution in [-0.4, -0.2) is 19.0 Å². The summed E-state index contributed by atoms with van der Waals surface area (Å²) in [6.07, 6.45) is 4.02. The predicted octanol–water partition coefficient (Wildman–Crippen LogP) is 2.26. The largest absolute Gasteiger partial charge is 0.372 e. The van der Waals surface area contributed by atoms with Crippen LogP contribution in [0.3, 0.4) is 0 Å². The molecule has 0 radical (unpaired) electrons. The molecule has 2 aliphatic rings. The topological polar surface area (TPSA) is 26.3 Å². The number of rotatable bonds is 2. The Bertz CT molecular complexity index is 323. The molecule has 0 aromatic heterocycles. The molecule has 0 aromatic rings. The normalized spacial score (nSPS) is 26.1. The quantitative estimate of drug-likeness (QED) is 0.670. The second kappa shape index (κ2) is 3.70. The van der Waals surface area contributed by atoms with Gasteiger partial charge in [0.2, 0.25) is 0 Å². The van der Waals surface area contributed by atoms with Crippen LogP contribution in [0.25, 0.3) is 0 Å². The van der Waals surface area contributed by atoms with Gasteiger partial charge in [-0.15, -0.1) is 0 Å². The van der Waals surface area contributed by atoms with E-state index in [2.05, 4.69) is 13.0 Å². The van der Waals surface area contributed by atoms with E-state index >= 15 is 0 Å². The van der Waals surface area contributed by atoms with Crippen LogP contribution in [0.5, 0.6) is 0 Å². The molecule has 1 heterocycles. The van der Waals surface area contributed by atoms with Gasteiger partial charge in [-0.3, -0.25) is 4.79 Å². The number of fused-ring (bicyclic) bond motifs is 1. The molecule has 0 N–H and O–H groups in total. The zero-order valence-corrected chi connectivity index (χ0v) is 8.80. The Labute approximate surface area is 84.6 Å². The van der Waals surface area contributed by atoms with E-state index in [9.17, 15) is 4.79 Å². The molecule has 1 fully saturated rings. The predicted molar refractivity (Wildman–Crippen MR) is 55.0 cm³/mol. The maximum absolute atomic E-state index is 11.5. The van der Waals surface area contributed by atoms with E-state index in [1.165, 1.54) is 16.7 Å². The lowest BCUT2D eigenvalue weighted by Gasteiger charge is -2.22. The van der Waals surface area contributed by atoms with Gasteiger partial charge in [0, 0.05) is 5.92 Å². The van der Waals surface area contributed by atoms with Gasteiger partial charge in [0.25, 0.3) is 0 Å². The van der Waals surface area contributed by atoms with E-state index in [0.717, 1.165) is 19.4 Å². The fourth-order valence-electron chi connectivity index (χ4n) is 2.41. The van der Waals surface area contributed by atoms with Gasteiger partial charge in [-0.05, 0) is 30.9 Å². The average Bonchev–Trinajstić information content (AvgIpc) is 2.63. The molecule has 0 bridgehead atoms. The highest BCUT2D eigenvalue weighted by Gasteiger charge is 2.28. The lowest BCUT2D eigenvalue weighted by molar-refractivity contribution is -0.119. The fraction of sp³-hybridized carbons (Fsp3) is 0.583. The molecule has 0 amide bonds. The molecular weight excluding hydrogens is 176 g/mol. The van der Waals surface area contributed by atoms with Gasteiger partial charge in [-0.25, -0.2) is 0 Å². The van der Waals surface area contributed by atoms with Crippen LogP contribution in [0.1, 0.15) is 26.7 Å². The van der Waals surface area contributed by atoms with Crippen molar-refractivity contribution < 1.29 is 9.53 Å². The number of carbonyl (C=O) groups is 1. The maximum atomic E-state index is 11.5. The third-order valence-corrected chi connectivity index (χ3v) is 3.17. The minimum Gasteiger partial charge on any atom is -0.372 e. The summed E-state index contributed by atoms with van der Waals surface area (Å²) in [5.74, 6) is 0.414. The molecule has 1 unspecified atom stereocenters. The Hall–Kier alpha value is -0.890. The number of hydrogen-bond donors (Lipinski definition) is 0. The van der Waals surface area contributed by atoms with Gasteiger partial charge in [0.05, 0.1) is 13.2 Å². The van der Waals surface area contributed by atoms with Crippen molar-refractivity contribution in [2.24, 2.45) is 5.92 Å². The van der Waals surface area contributed by atoms with Crippen molar-refractivity contribution in [3.63, 3.8) is 0 Å². The Balaban J connectivity index is 2.37. The highest BCUT2D eigenvalue weighted by molar-refractivity contribution is 5.82. The van der Waals surface area contributed by atoms with E-state index in [1.54, 1.807) is 6.92 Å². The summed E-state index contributed by atoms with van der Waals surface area (Å²) in [5, 5.41) is 0. The summed E-state index contributed by atoms with van der Waals surface area (Å²) in [7, 11) is 0. The molecule has 0 spiro atoms. The zero-order valence-electron chi connectivity index (χ0n) is 8.80. The Morgan fingerprint density at radius 2 is 2.36 bits per heavy atom. The summed E-state index contributed by atoms with van der Waals surface area (Å²) in [5.41, 5.74) is 3.94. The third-order valence-electron chi connectivity index (χ3n) is 3.17. The molecule has 1 aliphatic carbocycles. The summed E-state index contributed by atoms with van der Waals surface area (Å²) >= 11 is 0. The number of allylic oxidation sites excluding steroid dienone is 2. The smallest absolute Gasteiger partial charge is 0.137 e. The number of Topliss-reactive ketones (excluding diaryl/α,β-unsaturated/α-hetero) is 1. The summed E-state index contributed by atoms with van der Waals surface area (Å²) < 4.78 is 5.41. The molecule has 2 rings (SSSR count). The SMILES string of the molecule is CCC1=C2COCC2=CCC1C(C)=O. The first kappa shape index (κ1) is 9.66. The Morgan fingerprint density at radius 3 is 3.00 bits per heavy atom. The van der Waals surface area contributed by atoms with Crippen LogP contribution in [-0.2, 0) is 9.53 Å². The lowest BCUT2D eigenvalue weighted by atomic mass is 9.81. The van der Waals surface area contributed by atoms with Gasteiger partial charge in [-0.1, -0.05) is 18.6 Å². The molecule has 0 saturated carbocycles. The van der Waals surface area contributed by atoms with Crippen LogP contribution < -0.4 is 0 Å². The van der Waals surface area contributed by atoms with Gasteiger partial charge in [0.1, 0.15) is 5.78 Å². The van der Waals surface area contributed by atoms with E-state index in [1.807, 2.05) is 0 Å². The van der Waals surface area contributed by atoms with Crippen LogP contribution in [0.15, 0.2) is 22.8 Å². The van der Waals surface area contributed by atoms with Crippen molar-refractivity contribution >= 4 is 5.78 Å². The van der Waals surface area contributed by atoms with Crippen molar-refractivity contribution in [2.75, 3.05) is 13.2 Å². The van der Waals surface area contributed by atoms with Gasteiger partial charge in [-0.2, -0.15) is 0 Å². The van der Waals surface area contributed by atoms with Gasteiger partial charge >= 0.3 is 0 Å². The highest BCUT2D eigenvalue weighted by Crippen LogP contribution is 2.35. The molecule has 2 nitrogen and oxygen atoms in total. The summed E-state index contributed by atoms with van der Waals surface area (Å²) in [6, 6.07) is 0. The zero-order chi connectivity index (χ0) is 10.1. The number of ketones is 1. The van der Waals surface area contributed by atoms with Crippen molar-refractivity contribution in [1.29, 1.82) is 0 Å². The molecule has 14 heavy (non-hydrogen) atoms. The first-order chi connectivity index (χ1) is 6.74. The van der Waals surface area contributed by atoms with Crippen molar-refractivity contribution in [3.05, 3.63) is 22.8 Å². The van der Waals surface area contributed by atoms with Crippen LogP contribution in [0.2, 0.25) is 0 Å². The van der Waals surface area contributed by atoms with E-state index in [0.29, 0.717) is 6.61 Å². The van der Waals surface area contributed by atoms with Crippen LogP contribution in [0, 0.1) is 5.92 Å². The van der Waals surface area contributed by atoms with Crippen LogP contribution in [0.4, 0.5) is 0 Å². The highest BCUT2D eigenvalue weighted by atomic mass is 16.5. The van der Waals surface area contributed by atoms with Crippen molar-refractivity contribution in [1.82, 2.24) is 0 Å². The molecule has 0 aromatic carbocycles. The van der Waals surface area contributed by atoms with Crippen molar-refractivity contribution in [3.8, 4) is 0 Å². The third kappa shape index (κ3) is 1.44. The second-order valence-electron chi connectivity index (χ2n) is 3.98. The summed E-state index contributed by atoms with van der Waals surface area (Å²) in [4.78, 5) is 11.5. The molecule has 76 valence electrons. The number of ether oxygens (including phenoxy) is 1. The molecular formula is C12H16O2. The molecule has 1 aliphatic heterocycles. The van der Waals surface area contributed by atoms with E-state index < -0.39 is 0 Å². The Kier molecular flexibility index (Phi) is 2.55.